The van der Waals surface area contributed by atoms with Gasteiger partial charge in [0.2, 0.25) is 0 Å². The summed E-state index contributed by atoms with van der Waals surface area (Å²) >= 11 is 6.53. The van der Waals surface area contributed by atoms with Crippen LogP contribution in [0.4, 0.5) is 5.69 Å². The van der Waals surface area contributed by atoms with E-state index < -0.39 is 0 Å². The number of nitrogens with zero attached hydrogens (tertiary/aromatic N) is 2. The summed E-state index contributed by atoms with van der Waals surface area (Å²) in [6.07, 6.45) is 5.71. The molecule has 1 amide bonds. The standard InChI is InChI=1S/C16H18N2OS2/c1-4-18-15(19)14(21-16(18)20)7-5-6-12-8-10-13(11-9-12)17(2)3/h5-11H,4H2,1-3H3/b6-5+,14-7+. The monoisotopic (exact) mass is 318 g/mol. The Morgan fingerprint density at radius 2 is 1.95 bits per heavy atom. The molecule has 1 aromatic carbocycles. The molecule has 1 aliphatic heterocycles. The second kappa shape index (κ2) is 6.91. The Morgan fingerprint density at radius 3 is 2.48 bits per heavy atom. The van der Waals surface area contributed by atoms with Crippen molar-refractivity contribution in [2.75, 3.05) is 25.5 Å². The van der Waals surface area contributed by atoms with Gasteiger partial charge >= 0.3 is 0 Å². The van der Waals surface area contributed by atoms with E-state index in [-0.39, 0.29) is 5.91 Å². The fourth-order valence-corrected chi connectivity index (χ4v) is 3.25. The number of anilines is 1. The maximum Gasteiger partial charge on any atom is 0.266 e. The molecule has 0 radical (unpaired) electrons. The van der Waals surface area contributed by atoms with Gasteiger partial charge in [0.05, 0.1) is 4.91 Å². The molecule has 1 aromatic rings. The molecule has 1 saturated heterocycles. The van der Waals surface area contributed by atoms with Crippen molar-refractivity contribution in [1.82, 2.24) is 4.90 Å². The highest BCUT2D eigenvalue weighted by Gasteiger charge is 2.29. The Bertz CT molecular complexity index is 603. The topological polar surface area (TPSA) is 23.6 Å². The predicted octanol–water partition coefficient (Wildman–Crippen LogP) is 3.53. The van der Waals surface area contributed by atoms with Crippen molar-refractivity contribution in [1.29, 1.82) is 0 Å². The van der Waals surface area contributed by atoms with Gasteiger partial charge in [0, 0.05) is 26.3 Å². The molecule has 0 atom stereocenters. The normalized spacial score (nSPS) is 17.3. The zero-order valence-electron chi connectivity index (χ0n) is 12.4. The summed E-state index contributed by atoms with van der Waals surface area (Å²) in [7, 11) is 4.03. The molecular weight excluding hydrogens is 300 g/mol. The highest BCUT2D eigenvalue weighted by molar-refractivity contribution is 8.26. The van der Waals surface area contributed by atoms with E-state index in [1.54, 1.807) is 4.90 Å². The molecule has 0 aromatic heterocycles. The number of thioether (sulfide) groups is 1. The van der Waals surface area contributed by atoms with Gasteiger partial charge in [-0.2, -0.15) is 0 Å². The number of likely N-dealkylation sites (N-methyl/N-ethyl adjacent to an activating group) is 1. The smallest absolute Gasteiger partial charge is 0.266 e. The van der Waals surface area contributed by atoms with Crippen LogP contribution in [0.25, 0.3) is 6.08 Å². The van der Waals surface area contributed by atoms with Crippen LogP contribution >= 0.6 is 24.0 Å². The van der Waals surface area contributed by atoms with E-state index in [0.29, 0.717) is 15.8 Å². The molecule has 0 spiro atoms. The van der Waals surface area contributed by atoms with Crippen molar-refractivity contribution in [3.05, 3.63) is 46.9 Å². The number of carbonyl (C=O) groups is 1. The largest absolute Gasteiger partial charge is 0.378 e. The first-order chi connectivity index (χ1) is 10.0. The second-order valence-corrected chi connectivity index (χ2v) is 6.47. The van der Waals surface area contributed by atoms with Crippen LogP contribution in [0, 0.1) is 0 Å². The van der Waals surface area contributed by atoms with Gasteiger partial charge in [-0.3, -0.25) is 9.69 Å². The van der Waals surface area contributed by atoms with E-state index in [9.17, 15) is 4.79 Å². The lowest BCUT2D eigenvalue weighted by Crippen LogP contribution is -2.27. The molecule has 0 N–H and O–H groups in total. The van der Waals surface area contributed by atoms with Gasteiger partial charge in [0.25, 0.3) is 5.91 Å². The zero-order chi connectivity index (χ0) is 15.4. The van der Waals surface area contributed by atoms with Gasteiger partial charge < -0.3 is 4.90 Å². The lowest BCUT2D eigenvalue weighted by Gasteiger charge is -2.11. The SMILES string of the molecule is CCN1C(=O)/C(=C\C=C\c2ccc(N(C)C)cc2)SC1=S. The Hall–Kier alpha value is -1.59. The van der Waals surface area contributed by atoms with Gasteiger partial charge in [0.1, 0.15) is 4.32 Å². The summed E-state index contributed by atoms with van der Waals surface area (Å²) in [5, 5.41) is 0. The number of thiocarbonyl (C=S) groups is 1. The number of allylic oxidation sites excluding steroid dienone is 2. The van der Waals surface area contributed by atoms with Gasteiger partial charge in [0.15, 0.2) is 0 Å². The van der Waals surface area contributed by atoms with E-state index >= 15 is 0 Å². The third kappa shape index (κ3) is 3.74. The average Bonchev–Trinajstić information content (AvgIpc) is 2.73. The van der Waals surface area contributed by atoms with Crippen molar-refractivity contribution in [3.63, 3.8) is 0 Å². The fraction of sp³-hybridized carbons (Fsp3) is 0.250. The molecule has 21 heavy (non-hydrogen) atoms. The number of benzene rings is 1. The van der Waals surface area contributed by atoms with E-state index in [2.05, 4.69) is 29.2 Å². The van der Waals surface area contributed by atoms with Gasteiger partial charge in [-0.15, -0.1) is 0 Å². The molecule has 0 aliphatic carbocycles. The first-order valence-electron chi connectivity index (χ1n) is 6.72. The second-order valence-electron chi connectivity index (χ2n) is 4.79. The molecule has 3 nitrogen and oxygen atoms in total. The van der Waals surface area contributed by atoms with Crippen LogP contribution in [0.2, 0.25) is 0 Å². The summed E-state index contributed by atoms with van der Waals surface area (Å²) in [5.74, 6) is 0.0000979. The van der Waals surface area contributed by atoms with Crippen molar-refractivity contribution in [2.45, 2.75) is 6.92 Å². The van der Waals surface area contributed by atoms with Gasteiger partial charge in [-0.1, -0.05) is 48.3 Å². The molecule has 110 valence electrons. The molecule has 5 heteroatoms. The van der Waals surface area contributed by atoms with Crippen LogP contribution in [0.3, 0.4) is 0 Å². The van der Waals surface area contributed by atoms with Crippen molar-refractivity contribution < 1.29 is 4.79 Å². The van der Waals surface area contributed by atoms with Crippen LogP contribution in [0.5, 0.6) is 0 Å². The molecule has 0 bridgehead atoms. The Morgan fingerprint density at radius 1 is 1.29 bits per heavy atom. The summed E-state index contributed by atoms with van der Waals surface area (Å²) in [5.41, 5.74) is 2.26. The average molecular weight is 318 g/mol. The zero-order valence-corrected chi connectivity index (χ0v) is 14.0. The molecular formula is C16H18N2OS2. The highest BCUT2D eigenvalue weighted by atomic mass is 32.2. The maximum absolute atomic E-state index is 12.0. The molecule has 1 aliphatic rings. The van der Waals surface area contributed by atoms with Crippen molar-refractivity contribution in [2.24, 2.45) is 0 Å². The minimum absolute atomic E-state index is 0.0000979. The van der Waals surface area contributed by atoms with Crippen LogP contribution in [0.15, 0.2) is 41.3 Å². The van der Waals surface area contributed by atoms with Crippen LogP contribution in [-0.4, -0.2) is 35.8 Å². The van der Waals surface area contributed by atoms with Gasteiger partial charge in [-0.05, 0) is 30.7 Å². The third-order valence-corrected chi connectivity index (χ3v) is 4.53. The van der Waals surface area contributed by atoms with E-state index in [1.165, 1.54) is 11.8 Å². The maximum atomic E-state index is 12.0. The molecule has 0 saturated carbocycles. The number of rotatable bonds is 4. The van der Waals surface area contributed by atoms with Gasteiger partial charge in [-0.25, -0.2) is 0 Å². The van der Waals surface area contributed by atoms with Crippen molar-refractivity contribution in [3.8, 4) is 0 Å². The molecule has 2 rings (SSSR count). The quantitative estimate of drug-likeness (QED) is 0.626. The lowest BCUT2D eigenvalue weighted by atomic mass is 10.2. The predicted molar refractivity (Wildman–Crippen MR) is 95.5 cm³/mol. The Kier molecular flexibility index (Phi) is 5.20. The Labute approximate surface area is 135 Å². The number of carbonyl (C=O) groups excluding carboxylic acids is 1. The fourth-order valence-electron chi connectivity index (χ4n) is 1.92. The number of hydrogen-bond donors (Lipinski definition) is 0. The van der Waals surface area contributed by atoms with Crippen LogP contribution in [-0.2, 0) is 4.79 Å². The Balaban J connectivity index is 2.07. The van der Waals surface area contributed by atoms with E-state index in [1.807, 2.05) is 39.2 Å². The number of hydrogen-bond acceptors (Lipinski definition) is 4. The highest BCUT2D eigenvalue weighted by Crippen LogP contribution is 2.30. The third-order valence-electron chi connectivity index (χ3n) is 3.14. The van der Waals surface area contributed by atoms with E-state index in [0.717, 1.165) is 11.3 Å². The van der Waals surface area contributed by atoms with Crippen LogP contribution in [0.1, 0.15) is 12.5 Å². The minimum Gasteiger partial charge on any atom is -0.378 e. The summed E-state index contributed by atoms with van der Waals surface area (Å²) in [4.78, 5) is 16.4. The van der Waals surface area contributed by atoms with Crippen LogP contribution < -0.4 is 4.90 Å². The summed E-state index contributed by atoms with van der Waals surface area (Å²) in [6, 6.07) is 8.24. The molecule has 1 heterocycles. The molecule has 1 fully saturated rings. The number of amides is 1. The first kappa shape index (κ1) is 15.8. The summed E-state index contributed by atoms with van der Waals surface area (Å²) in [6.45, 7) is 2.55. The molecule has 0 unspecified atom stereocenters. The minimum atomic E-state index is 0.0000979. The first-order valence-corrected chi connectivity index (χ1v) is 7.95. The van der Waals surface area contributed by atoms with Crippen molar-refractivity contribution >= 4 is 46.0 Å². The summed E-state index contributed by atoms with van der Waals surface area (Å²) < 4.78 is 0.637. The lowest BCUT2D eigenvalue weighted by molar-refractivity contribution is -0.122. The van der Waals surface area contributed by atoms with E-state index in [4.69, 9.17) is 12.2 Å².